The maximum Gasteiger partial charge on any atom is 0.416 e. The average molecular weight is 244 g/mol. The van der Waals surface area contributed by atoms with E-state index in [9.17, 15) is 17.6 Å². The summed E-state index contributed by atoms with van der Waals surface area (Å²) in [5.41, 5.74) is -0.975. The lowest BCUT2D eigenvalue weighted by Crippen LogP contribution is -2.07. The number of benzene rings is 1. The topological polar surface area (TPSA) is 12.0 Å². The fourth-order valence-corrected chi connectivity index (χ4v) is 1.03. The molecule has 1 N–H and O–H groups in total. The van der Waals surface area contributed by atoms with Crippen LogP contribution in [0.1, 0.15) is 12.5 Å². The summed E-state index contributed by atoms with van der Waals surface area (Å²) in [5.74, 6) is -0.681. The van der Waals surface area contributed by atoms with E-state index >= 15 is 0 Å². The second-order valence-corrected chi connectivity index (χ2v) is 2.72. The summed E-state index contributed by atoms with van der Waals surface area (Å²) in [4.78, 5) is 0. The fourth-order valence-electron chi connectivity index (χ4n) is 1.03. The molecule has 6 heteroatoms. The zero-order valence-corrected chi connectivity index (χ0v) is 8.68. The molecule has 0 amide bonds. The van der Waals surface area contributed by atoms with E-state index in [2.05, 4.69) is 5.32 Å². The zero-order chi connectivity index (χ0) is 10.8. The standard InChI is InChI=1S/C9H9F4N.ClH/c1-2-14-8-5-6(9(11,12)13)3-4-7(8)10;/h3-5,14H,2H2,1H3;1H. The third-order valence-electron chi connectivity index (χ3n) is 1.66. The highest BCUT2D eigenvalue weighted by molar-refractivity contribution is 5.85. The molecule has 0 aromatic heterocycles. The Balaban J connectivity index is 0.00000196. The van der Waals surface area contributed by atoms with Crippen molar-refractivity contribution in [2.45, 2.75) is 13.1 Å². The highest BCUT2D eigenvalue weighted by Gasteiger charge is 2.30. The maximum atomic E-state index is 12.9. The highest BCUT2D eigenvalue weighted by atomic mass is 35.5. The monoisotopic (exact) mass is 243 g/mol. The zero-order valence-electron chi connectivity index (χ0n) is 7.86. The molecule has 15 heavy (non-hydrogen) atoms. The van der Waals surface area contributed by atoms with Gasteiger partial charge in [0.15, 0.2) is 0 Å². The Morgan fingerprint density at radius 3 is 2.33 bits per heavy atom. The first-order valence-electron chi connectivity index (χ1n) is 4.05. The number of alkyl halides is 3. The van der Waals surface area contributed by atoms with Gasteiger partial charge in [0.25, 0.3) is 0 Å². The van der Waals surface area contributed by atoms with E-state index in [0.717, 1.165) is 18.2 Å². The molecule has 86 valence electrons. The van der Waals surface area contributed by atoms with Crippen LogP contribution in [0.3, 0.4) is 0 Å². The van der Waals surface area contributed by atoms with Gasteiger partial charge in [0, 0.05) is 6.54 Å². The second kappa shape index (κ2) is 5.21. The van der Waals surface area contributed by atoms with Gasteiger partial charge >= 0.3 is 6.18 Å². The van der Waals surface area contributed by atoms with E-state index in [1.165, 1.54) is 0 Å². The third kappa shape index (κ3) is 3.58. The molecule has 0 atom stereocenters. The molecule has 0 aliphatic heterocycles. The SMILES string of the molecule is CCNc1cc(C(F)(F)F)ccc1F.Cl. The Morgan fingerprint density at radius 2 is 1.87 bits per heavy atom. The smallest absolute Gasteiger partial charge is 0.383 e. The molecule has 0 spiro atoms. The van der Waals surface area contributed by atoms with Gasteiger partial charge in [0.05, 0.1) is 11.3 Å². The molecule has 1 rings (SSSR count). The fraction of sp³-hybridized carbons (Fsp3) is 0.333. The van der Waals surface area contributed by atoms with E-state index < -0.39 is 17.6 Å². The van der Waals surface area contributed by atoms with Gasteiger partial charge in [-0.15, -0.1) is 12.4 Å². The van der Waals surface area contributed by atoms with E-state index in [1.54, 1.807) is 6.92 Å². The number of nitrogens with one attached hydrogen (secondary N) is 1. The minimum absolute atomic E-state index is 0. The molecule has 0 radical (unpaired) electrons. The molecule has 1 aromatic carbocycles. The number of hydrogen-bond acceptors (Lipinski definition) is 1. The van der Waals surface area contributed by atoms with Gasteiger partial charge in [-0.3, -0.25) is 0 Å². The maximum absolute atomic E-state index is 12.9. The summed E-state index contributed by atoms with van der Waals surface area (Å²) in [7, 11) is 0. The van der Waals surface area contributed by atoms with Crippen LogP contribution in [0.25, 0.3) is 0 Å². The average Bonchev–Trinajstić information content (AvgIpc) is 2.07. The molecule has 0 fully saturated rings. The van der Waals surface area contributed by atoms with Crippen LogP contribution in [0.5, 0.6) is 0 Å². The van der Waals surface area contributed by atoms with Gasteiger partial charge in [-0.05, 0) is 25.1 Å². The van der Waals surface area contributed by atoms with E-state index in [0.29, 0.717) is 6.54 Å². The van der Waals surface area contributed by atoms with Crippen LogP contribution in [0.2, 0.25) is 0 Å². The van der Waals surface area contributed by atoms with E-state index in [1.807, 2.05) is 0 Å². The van der Waals surface area contributed by atoms with Crippen LogP contribution in [0.4, 0.5) is 23.2 Å². The lowest BCUT2D eigenvalue weighted by Gasteiger charge is -2.10. The van der Waals surface area contributed by atoms with E-state index in [4.69, 9.17) is 0 Å². The Bertz CT molecular complexity index is 324. The van der Waals surface area contributed by atoms with Crippen molar-refractivity contribution in [1.82, 2.24) is 0 Å². The van der Waals surface area contributed by atoms with Crippen molar-refractivity contribution in [3.8, 4) is 0 Å². The van der Waals surface area contributed by atoms with Crippen LogP contribution in [0.15, 0.2) is 18.2 Å². The van der Waals surface area contributed by atoms with Gasteiger partial charge in [0.2, 0.25) is 0 Å². The molecule has 0 bridgehead atoms. The molecular formula is C9H10ClF4N. The van der Waals surface area contributed by atoms with Crippen molar-refractivity contribution in [1.29, 1.82) is 0 Å². The molecular weight excluding hydrogens is 234 g/mol. The van der Waals surface area contributed by atoms with Crippen molar-refractivity contribution in [2.75, 3.05) is 11.9 Å². The highest BCUT2D eigenvalue weighted by Crippen LogP contribution is 2.31. The van der Waals surface area contributed by atoms with Gasteiger partial charge < -0.3 is 5.32 Å². The molecule has 1 aromatic rings. The normalized spacial score (nSPS) is 10.7. The molecule has 0 aliphatic carbocycles. The molecule has 0 aliphatic rings. The quantitative estimate of drug-likeness (QED) is 0.781. The van der Waals surface area contributed by atoms with Gasteiger partial charge in [-0.1, -0.05) is 0 Å². The largest absolute Gasteiger partial charge is 0.416 e. The molecule has 0 unspecified atom stereocenters. The van der Waals surface area contributed by atoms with Crippen LogP contribution in [-0.2, 0) is 6.18 Å². The molecule has 0 saturated carbocycles. The Morgan fingerprint density at radius 1 is 1.27 bits per heavy atom. The van der Waals surface area contributed by atoms with Crippen molar-refractivity contribution in [2.24, 2.45) is 0 Å². The van der Waals surface area contributed by atoms with E-state index in [-0.39, 0.29) is 18.1 Å². The second-order valence-electron chi connectivity index (χ2n) is 2.72. The number of hydrogen-bond donors (Lipinski definition) is 1. The first-order valence-corrected chi connectivity index (χ1v) is 4.05. The van der Waals surface area contributed by atoms with Crippen LogP contribution in [0, 0.1) is 5.82 Å². The number of rotatable bonds is 2. The first-order chi connectivity index (χ1) is 6.45. The van der Waals surface area contributed by atoms with Crippen molar-refractivity contribution < 1.29 is 17.6 Å². The first kappa shape index (κ1) is 14.0. The number of halogens is 5. The van der Waals surface area contributed by atoms with Gasteiger partial charge in [-0.2, -0.15) is 13.2 Å². The molecule has 0 saturated heterocycles. The number of anilines is 1. The minimum Gasteiger partial charge on any atom is -0.383 e. The van der Waals surface area contributed by atoms with Crippen molar-refractivity contribution >= 4 is 18.1 Å². The predicted molar refractivity (Wildman–Crippen MR) is 52.8 cm³/mol. The van der Waals surface area contributed by atoms with Crippen LogP contribution in [-0.4, -0.2) is 6.54 Å². The Labute approximate surface area is 90.9 Å². The van der Waals surface area contributed by atoms with Crippen molar-refractivity contribution in [3.05, 3.63) is 29.6 Å². The summed E-state index contributed by atoms with van der Waals surface area (Å²) in [6, 6.07) is 2.29. The van der Waals surface area contributed by atoms with Crippen molar-refractivity contribution in [3.63, 3.8) is 0 Å². The summed E-state index contributed by atoms with van der Waals surface area (Å²) in [6.07, 6.45) is -4.43. The minimum atomic E-state index is -4.43. The lowest BCUT2D eigenvalue weighted by molar-refractivity contribution is -0.137. The summed E-state index contributed by atoms with van der Waals surface area (Å²) >= 11 is 0. The van der Waals surface area contributed by atoms with Gasteiger partial charge in [0.1, 0.15) is 5.82 Å². The summed E-state index contributed by atoms with van der Waals surface area (Å²) < 4.78 is 49.5. The van der Waals surface area contributed by atoms with Crippen LogP contribution >= 0.6 is 12.4 Å². The molecule has 0 heterocycles. The Kier molecular flexibility index (Phi) is 4.87. The molecule has 1 nitrogen and oxygen atoms in total. The lowest BCUT2D eigenvalue weighted by atomic mass is 10.2. The summed E-state index contributed by atoms with van der Waals surface area (Å²) in [5, 5.41) is 2.51. The van der Waals surface area contributed by atoms with Crippen LogP contribution < -0.4 is 5.32 Å². The van der Waals surface area contributed by atoms with Gasteiger partial charge in [-0.25, -0.2) is 4.39 Å². The third-order valence-corrected chi connectivity index (χ3v) is 1.66. The summed E-state index contributed by atoms with van der Waals surface area (Å²) in [6.45, 7) is 2.05. The Hall–Kier alpha value is -0.970. The predicted octanol–water partition coefficient (Wildman–Crippen LogP) is 3.70.